The highest BCUT2D eigenvalue weighted by molar-refractivity contribution is 7.89. The van der Waals surface area contributed by atoms with Gasteiger partial charge in [0.1, 0.15) is 22.7 Å². The van der Waals surface area contributed by atoms with E-state index in [-0.39, 0.29) is 23.8 Å². The number of ketones is 1. The number of carbonyl (C=O) groups excluding carboxylic acids is 1. The zero-order valence-corrected chi connectivity index (χ0v) is 22.2. The summed E-state index contributed by atoms with van der Waals surface area (Å²) >= 11 is 0. The van der Waals surface area contributed by atoms with Crippen molar-refractivity contribution in [2.24, 2.45) is 5.41 Å². The lowest BCUT2D eigenvalue weighted by Crippen LogP contribution is -2.62. The van der Waals surface area contributed by atoms with Crippen LogP contribution in [0.2, 0.25) is 0 Å². The van der Waals surface area contributed by atoms with Gasteiger partial charge in [0, 0.05) is 23.6 Å². The minimum Gasteiger partial charge on any atom is -0.497 e. The van der Waals surface area contributed by atoms with Crippen molar-refractivity contribution >= 4 is 15.8 Å². The monoisotopic (exact) mass is 515 g/mol. The molecule has 0 aromatic heterocycles. The molecule has 0 aliphatic carbocycles. The van der Waals surface area contributed by atoms with E-state index in [1.165, 1.54) is 11.2 Å². The topological polar surface area (TPSA) is 91.4 Å². The highest BCUT2D eigenvalue weighted by Gasteiger charge is 2.69. The third-order valence-corrected chi connectivity index (χ3v) is 10.1. The van der Waals surface area contributed by atoms with E-state index in [1.54, 1.807) is 38.5 Å². The third-order valence-electron chi connectivity index (χ3n) is 8.22. The van der Waals surface area contributed by atoms with Gasteiger partial charge < -0.3 is 18.9 Å². The van der Waals surface area contributed by atoms with E-state index in [0.717, 1.165) is 16.7 Å². The summed E-state index contributed by atoms with van der Waals surface area (Å²) in [5.74, 6) is 1.06. The van der Waals surface area contributed by atoms with E-state index in [9.17, 15) is 13.2 Å². The number of rotatable bonds is 5. The number of carbonyl (C=O) groups is 1. The number of hydrogen-bond acceptors (Lipinski definition) is 7. The molecule has 0 N–H and O–H groups in total. The van der Waals surface area contributed by atoms with Gasteiger partial charge in [-0.15, -0.1) is 0 Å². The number of hydrogen-bond donors (Lipinski definition) is 0. The molecule has 2 aromatic carbocycles. The highest BCUT2D eigenvalue weighted by atomic mass is 32.2. The number of benzene rings is 2. The molecule has 0 radical (unpaired) electrons. The maximum absolute atomic E-state index is 13.6. The fourth-order valence-electron chi connectivity index (χ4n) is 6.32. The van der Waals surface area contributed by atoms with Crippen LogP contribution in [-0.2, 0) is 36.5 Å². The molecular formula is C27H33NO7S. The Morgan fingerprint density at radius 1 is 1.11 bits per heavy atom. The van der Waals surface area contributed by atoms with Gasteiger partial charge in [0.2, 0.25) is 10.0 Å². The highest BCUT2D eigenvalue weighted by Crippen LogP contribution is 2.62. The maximum atomic E-state index is 13.6. The number of Topliss-reactive ketones (excluding diaryl/α,β-unsaturated/α-hetero) is 1. The van der Waals surface area contributed by atoms with E-state index < -0.39 is 26.6 Å². The Labute approximate surface area is 212 Å². The van der Waals surface area contributed by atoms with Gasteiger partial charge in [0.15, 0.2) is 5.78 Å². The molecule has 36 heavy (non-hydrogen) atoms. The molecule has 1 spiro atoms. The van der Waals surface area contributed by atoms with Crippen LogP contribution in [0.25, 0.3) is 0 Å². The lowest BCUT2D eigenvalue weighted by Gasteiger charge is -2.47. The second kappa shape index (κ2) is 8.55. The summed E-state index contributed by atoms with van der Waals surface area (Å²) in [6.45, 7) is 6.30. The van der Waals surface area contributed by atoms with E-state index in [1.807, 2.05) is 26.0 Å². The Kier molecular flexibility index (Phi) is 5.98. The summed E-state index contributed by atoms with van der Waals surface area (Å²) in [4.78, 5) is 13.6. The molecule has 194 valence electrons. The lowest BCUT2D eigenvalue weighted by molar-refractivity contribution is -0.185. The number of methoxy groups -OCH3 is 2. The van der Waals surface area contributed by atoms with E-state index >= 15 is 0 Å². The van der Waals surface area contributed by atoms with Crippen molar-refractivity contribution in [3.63, 3.8) is 0 Å². The number of fused-ring (bicyclic) bond motifs is 3. The molecule has 8 nitrogen and oxygen atoms in total. The number of ether oxygens (including phenoxy) is 4. The standard InChI is InChI=1S/C27H33NO7S/c1-18-6-8-22(9-7-18)36(30,31)28-11-10-25(3)15-26(35-27(25,16-28)19(2)29)17-34-14-20-12-21(32-4)13-23(33-5)24(20)26/h6-9,12-13H,10-11,14-17H2,1-5H3/t25-,26+,27+/m0/s1. The van der Waals surface area contributed by atoms with Crippen LogP contribution in [0.15, 0.2) is 41.3 Å². The Hall–Kier alpha value is -2.46. The Morgan fingerprint density at radius 2 is 1.83 bits per heavy atom. The van der Waals surface area contributed by atoms with Gasteiger partial charge in [0.05, 0.1) is 38.9 Å². The van der Waals surface area contributed by atoms with Crippen LogP contribution in [0.1, 0.15) is 43.4 Å². The zero-order chi connectivity index (χ0) is 25.9. The van der Waals surface area contributed by atoms with Gasteiger partial charge in [0.25, 0.3) is 0 Å². The first-order chi connectivity index (χ1) is 17.0. The summed E-state index contributed by atoms with van der Waals surface area (Å²) < 4.78 is 52.7. The molecule has 0 unspecified atom stereocenters. The Bertz CT molecular complexity index is 1290. The third kappa shape index (κ3) is 3.59. The molecule has 3 aliphatic rings. The normalized spacial score (nSPS) is 30.0. The van der Waals surface area contributed by atoms with Crippen LogP contribution >= 0.6 is 0 Å². The molecule has 0 saturated carbocycles. The Morgan fingerprint density at radius 3 is 2.47 bits per heavy atom. The number of aryl methyl sites for hydroxylation is 1. The quantitative estimate of drug-likeness (QED) is 0.601. The van der Waals surface area contributed by atoms with Gasteiger partial charge >= 0.3 is 0 Å². The minimum absolute atomic E-state index is 0.0510. The van der Waals surface area contributed by atoms with E-state index in [2.05, 4.69) is 0 Å². The molecule has 0 amide bonds. The van der Waals surface area contributed by atoms with Crippen molar-refractivity contribution in [1.82, 2.24) is 4.31 Å². The maximum Gasteiger partial charge on any atom is 0.243 e. The van der Waals surface area contributed by atoms with Crippen molar-refractivity contribution in [2.75, 3.05) is 33.9 Å². The molecule has 3 heterocycles. The number of nitrogens with zero attached hydrogens (tertiary/aromatic N) is 1. The summed E-state index contributed by atoms with van der Waals surface area (Å²) in [5.41, 5.74) is -0.172. The second-order valence-electron chi connectivity index (χ2n) is 10.5. The van der Waals surface area contributed by atoms with Gasteiger partial charge in [-0.2, -0.15) is 4.31 Å². The fourth-order valence-corrected chi connectivity index (χ4v) is 7.79. The van der Waals surface area contributed by atoms with Crippen LogP contribution in [0.5, 0.6) is 11.5 Å². The molecule has 3 atom stereocenters. The number of piperidine rings is 1. The van der Waals surface area contributed by atoms with Crippen LogP contribution in [-0.4, -0.2) is 58.0 Å². The van der Waals surface area contributed by atoms with Gasteiger partial charge in [-0.1, -0.05) is 24.6 Å². The summed E-state index contributed by atoms with van der Waals surface area (Å²) in [6, 6.07) is 10.5. The van der Waals surface area contributed by atoms with Gasteiger partial charge in [-0.3, -0.25) is 4.79 Å². The molecule has 3 aliphatic heterocycles. The fraction of sp³-hybridized carbons (Fsp3) is 0.519. The lowest BCUT2D eigenvalue weighted by atomic mass is 9.64. The first-order valence-corrected chi connectivity index (χ1v) is 13.6. The average Bonchev–Trinajstić information content (AvgIpc) is 3.12. The summed E-state index contributed by atoms with van der Waals surface area (Å²) in [7, 11) is -0.623. The number of sulfonamides is 1. The predicted octanol–water partition coefficient (Wildman–Crippen LogP) is 3.59. The first kappa shape index (κ1) is 25.2. The average molecular weight is 516 g/mol. The van der Waals surface area contributed by atoms with Gasteiger partial charge in [-0.25, -0.2) is 8.42 Å². The van der Waals surface area contributed by atoms with Crippen molar-refractivity contribution < 1.29 is 32.2 Å². The van der Waals surface area contributed by atoms with Crippen molar-refractivity contribution in [3.8, 4) is 11.5 Å². The molecule has 0 bridgehead atoms. The molecule has 9 heteroatoms. The molecule has 2 saturated heterocycles. The largest absolute Gasteiger partial charge is 0.497 e. The SMILES string of the molecule is COc1cc2c(c(OC)c1)[C@]1(COC2)C[C@]2(C)CCN(S(=O)(=O)c3ccc(C)cc3)C[C@]2(C(C)=O)O1. The van der Waals surface area contributed by atoms with E-state index in [4.69, 9.17) is 18.9 Å². The molecular weight excluding hydrogens is 482 g/mol. The summed E-state index contributed by atoms with van der Waals surface area (Å²) in [5, 5.41) is 0. The van der Waals surface area contributed by atoms with Crippen molar-refractivity contribution in [1.29, 1.82) is 0 Å². The van der Waals surface area contributed by atoms with Crippen molar-refractivity contribution in [3.05, 3.63) is 53.1 Å². The smallest absolute Gasteiger partial charge is 0.243 e. The van der Waals surface area contributed by atoms with Gasteiger partial charge in [-0.05, 0) is 50.5 Å². The van der Waals surface area contributed by atoms with Crippen LogP contribution in [0, 0.1) is 12.3 Å². The van der Waals surface area contributed by atoms with Crippen LogP contribution in [0.4, 0.5) is 0 Å². The molecule has 2 aromatic rings. The second-order valence-corrected chi connectivity index (χ2v) is 12.4. The summed E-state index contributed by atoms with van der Waals surface area (Å²) in [6.07, 6.45) is 0.987. The minimum atomic E-state index is -3.81. The predicted molar refractivity (Wildman–Crippen MR) is 133 cm³/mol. The molecule has 2 fully saturated rings. The first-order valence-electron chi connectivity index (χ1n) is 12.1. The molecule has 5 rings (SSSR count). The van der Waals surface area contributed by atoms with E-state index in [0.29, 0.717) is 37.5 Å². The van der Waals surface area contributed by atoms with Crippen LogP contribution < -0.4 is 9.47 Å². The Balaban J connectivity index is 1.59. The van der Waals surface area contributed by atoms with Crippen molar-refractivity contribution in [2.45, 2.75) is 56.3 Å². The van der Waals surface area contributed by atoms with Crippen LogP contribution in [0.3, 0.4) is 0 Å². The zero-order valence-electron chi connectivity index (χ0n) is 21.4.